The molecule has 0 amide bonds. The predicted octanol–water partition coefficient (Wildman–Crippen LogP) is 2.40. The minimum Gasteiger partial charge on any atom is -0.323 e. The van der Waals surface area contributed by atoms with Gasteiger partial charge in [-0.2, -0.15) is 5.10 Å². The van der Waals surface area contributed by atoms with E-state index in [0.717, 1.165) is 44.3 Å². The molecule has 0 saturated heterocycles. The average Bonchev–Trinajstić information content (AvgIpc) is 3.39. The lowest BCUT2D eigenvalue weighted by Crippen LogP contribution is -2.24. The molecule has 4 aromatic heterocycles. The maximum absolute atomic E-state index is 12.9. The predicted molar refractivity (Wildman–Crippen MR) is 105 cm³/mol. The molecule has 0 spiro atoms. The number of hydrogen-bond donors (Lipinski definition) is 0. The Kier molecular flexibility index (Phi) is 3.57. The first-order valence-corrected chi connectivity index (χ1v) is 9.73. The van der Waals surface area contributed by atoms with E-state index in [1.165, 1.54) is 16.2 Å². The number of fused-ring (bicyclic) bond motifs is 3. The van der Waals surface area contributed by atoms with Crippen molar-refractivity contribution in [2.75, 3.05) is 6.54 Å². The summed E-state index contributed by atoms with van der Waals surface area (Å²) in [6.07, 6.45) is 8.33. The van der Waals surface area contributed by atoms with Gasteiger partial charge in [0.2, 0.25) is 0 Å². The van der Waals surface area contributed by atoms with Gasteiger partial charge in [0.1, 0.15) is 10.5 Å². The summed E-state index contributed by atoms with van der Waals surface area (Å²) >= 11 is 2.99. The smallest absolute Gasteiger partial charge is 0.291 e. The Hall–Kier alpha value is -2.65. The Balaban J connectivity index is 1.61. The molecule has 26 heavy (non-hydrogen) atoms. The quantitative estimate of drug-likeness (QED) is 0.543. The van der Waals surface area contributed by atoms with E-state index in [4.69, 9.17) is 4.98 Å². The summed E-state index contributed by atoms with van der Waals surface area (Å²) in [6.45, 7) is 1.19. The van der Waals surface area contributed by atoms with Crippen molar-refractivity contribution in [2.24, 2.45) is 12.0 Å². The molecule has 0 unspecified atom stereocenters. The molecule has 0 saturated carbocycles. The van der Waals surface area contributed by atoms with Crippen molar-refractivity contribution in [2.45, 2.75) is 13.0 Å². The maximum atomic E-state index is 12.9. The normalized spacial score (nSPS) is 14.0. The summed E-state index contributed by atoms with van der Waals surface area (Å²) in [7, 11) is 1.89. The van der Waals surface area contributed by atoms with E-state index < -0.39 is 0 Å². The minimum absolute atomic E-state index is 0.103. The van der Waals surface area contributed by atoms with Crippen molar-refractivity contribution < 1.29 is 0 Å². The molecule has 0 aliphatic carbocycles. The van der Waals surface area contributed by atoms with Crippen LogP contribution in [0.5, 0.6) is 0 Å². The lowest BCUT2D eigenvalue weighted by atomic mass is 10.3. The van der Waals surface area contributed by atoms with Crippen molar-refractivity contribution in [1.29, 1.82) is 0 Å². The first-order valence-electron chi connectivity index (χ1n) is 8.14. The lowest BCUT2D eigenvalue weighted by molar-refractivity contribution is 0.650. The number of aryl methyl sites for hydroxylation is 1. The van der Waals surface area contributed by atoms with Crippen molar-refractivity contribution in [3.05, 3.63) is 50.9 Å². The number of nitrogens with zero attached hydrogens (tertiary/aromatic N) is 6. The molecule has 1 aliphatic rings. The van der Waals surface area contributed by atoms with Crippen molar-refractivity contribution >= 4 is 49.8 Å². The monoisotopic (exact) mass is 382 g/mol. The summed E-state index contributed by atoms with van der Waals surface area (Å²) in [5.74, 6) is 0. The summed E-state index contributed by atoms with van der Waals surface area (Å²) in [5, 5.41) is 6.24. The third-order valence-electron chi connectivity index (χ3n) is 4.41. The van der Waals surface area contributed by atoms with Crippen molar-refractivity contribution in [3.63, 3.8) is 0 Å². The molecule has 0 N–H and O–H groups in total. The van der Waals surface area contributed by atoms with E-state index in [1.807, 2.05) is 29.8 Å². The zero-order chi connectivity index (χ0) is 17.7. The third-order valence-corrected chi connectivity index (χ3v) is 6.21. The molecule has 1 aliphatic heterocycles. The molecule has 9 heteroatoms. The van der Waals surface area contributed by atoms with Crippen LogP contribution in [0.15, 0.2) is 40.4 Å². The zero-order valence-corrected chi connectivity index (χ0v) is 15.5. The molecule has 0 bridgehead atoms. The van der Waals surface area contributed by atoms with Gasteiger partial charge in [-0.05, 0) is 23.7 Å². The van der Waals surface area contributed by atoms with Crippen molar-refractivity contribution in [3.8, 4) is 0 Å². The molecule has 0 radical (unpaired) electrons. The third kappa shape index (κ3) is 2.43. The van der Waals surface area contributed by atoms with Crippen LogP contribution >= 0.6 is 22.9 Å². The Morgan fingerprint density at radius 2 is 2.27 bits per heavy atom. The molecule has 7 nitrogen and oxygen atoms in total. The van der Waals surface area contributed by atoms with Gasteiger partial charge in [0, 0.05) is 35.6 Å². The molecule has 0 fully saturated rings. The molecule has 4 aromatic rings. The van der Waals surface area contributed by atoms with Gasteiger partial charge >= 0.3 is 0 Å². The Morgan fingerprint density at radius 1 is 1.35 bits per heavy atom. The SMILES string of the molecule is Cn1c2nc(CC3=NCC=C3)sc2c2cnn(Cc3ccns3)c(=O)c21. The molecule has 5 heterocycles. The van der Waals surface area contributed by atoms with E-state index in [2.05, 4.69) is 14.5 Å². The van der Waals surface area contributed by atoms with Crippen LogP contribution in [0.25, 0.3) is 21.3 Å². The summed E-state index contributed by atoms with van der Waals surface area (Å²) in [4.78, 5) is 23.1. The number of hydrogen-bond acceptors (Lipinski definition) is 7. The van der Waals surface area contributed by atoms with Crippen molar-refractivity contribution in [1.82, 2.24) is 23.7 Å². The van der Waals surface area contributed by atoms with Gasteiger partial charge in [-0.3, -0.25) is 9.79 Å². The highest BCUT2D eigenvalue weighted by Crippen LogP contribution is 2.31. The van der Waals surface area contributed by atoms with Gasteiger partial charge in [0.25, 0.3) is 5.56 Å². The van der Waals surface area contributed by atoms with Crippen LogP contribution in [0.2, 0.25) is 0 Å². The largest absolute Gasteiger partial charge is 0.323 e. The van der Waals surface area contributed by atoms with Gasteiger partial charge in [0.05, 0.1) is 24.0 Å². The van der Waals surface area contributed by atoms with Gasteiger partial charge in [0.15, 0.2) is 5.65 Å². The Labute approximate surface area is 156 Å². The molecule has 0 atom stereocenters. The van der Waals surface area contributed by atoms with E-state index in [-0.39, 0.29) is 5.56 Å². The highest BCUT2D eigenvalue weighted by molar-refractivity contribution is 7.19. The van der Waals surface area contributed by atoms with E-state index in [9.17, 15) is 4.79 Å². The van der Waals surface area contributed by atoms with Gasteiger partial charge in [-0.25, -0.2) is 14.0 Å². The van der Waals surface area contributed by atoms with E-state index >= 15 is 0 Å². The molecule has 5 rings (SSSR count). The van der Waals surface area contributed by atoms with Crippen LogP contribution in [0.4, 0.5) is 0 Å². The highest BCUT2D eigenvalue weighted by Gasteiger charge is 2.19. The second-order valence-corrected chi connectivity index (χ2v) is 8.08. The standard InChI is InChI=1S/C17H14N6OS2/c1-22-14-12(8-19-23(17(14)24)9-11-4-6-20-26-11)15-16(22)21-13(25-15)7-10-3-2-5-18-10/h2-4,6,8H,5,7,9H2,1H3. The summed E-state index contributed by atoms with van der Waals surface area (Å²) < 4.78 is 8.45. The number of allylic oxidation sites excluding steroid dienone is 1. The summed E-state index contributed by atoms with van der Waals surface area (Å²) in [5.41, 5.74) is 2.42. The van der Waals surface area contributed by atoms with Crippen LogP contribution in [0, 0.1) is 0 Å². The Bertz CT molecular complexity index is 1240. The fraction of sp³-hybridized carbons (Fsp3) is 0.235. The number of rotatable bonds is 4. The van der Waals surface area contributed by atoms with E-state index in [1.54, 1.807) is 23.7 Å². The Morgan fingerprint density at radius 3 is 3.04 bits per heavy atom. The molecular formula is C17H14N6OS2. The maximum Gasteiger partial charge on any atom is 0.291 e. The minimum atomic E-state index is -0.103. The van der Waals surface area contributed by atoms with Gasteiger partial charge in [-0.1, -0.05) is 6.08 Å². The lowest BCUT2D eigenvalue weighted by Gasteiger charge is -2.03. The molecular weight excluding hydrogens is 368 g/mol. The fourth-order valence-corrected chi connectivity index (χ4v) is 4.85. The second kappa shape index (κ2) is 5.96. The average molecular weight is 382 g/mol. The van der Waals surface area contributed by atoms with E-state index in [0.29, 0.717) is 12.1 Å². The van der Waals surface area contributed by atoms with Crippen LogP contribution in [-0.4, -0.2) is 36.0 Å². The van der Waals surface area contributed by atoms with Gasteiger partial charge < -0.3 is 4.57 Å². The second-order valence-electron chi connectivity index (χ2n) is 6.08. The molecule has 130 valence electrons. The fourth-order valence-electron chi connectivity index (χ4n) is 3.17. The van der Waals surface area contributed by atoms with Crippen LogP contribution in [0.1, 0.15) is 9.88 Å². The van der Waals surface area contributed by atoms with Crippen LogP contribution < -0.4 is 5.56 Å². The first kappa shape index (κ1) is 15.6. The number of aromatic nitrogens is 5. The van der Waals surface area contributed by atoms with Crippen LogP contribution in [0.3, 0.4) is 0 Å². The number of thiazole rings is 1. The summed E-state index contributed by atoms with van der Waals surface area (Å²) in [6, 6.07) is 1.90. The highest BCUT2D eigenvalue weighted by atomic mass is 32.1. The number of aliphatic imine (C=N–C) groups is 1. The van der Waals surface area contributed by atoms with Crippen LogP contribution in [-0.2, 0) is 20.0 Å². The van der Waals surface area contributed by atoms with Gasteiger partial charge in [-0.15, -0.1) is 11.3 Å². The topological polar surface area (TPSA) is 78.0 Å². The molecule has 0 aromatic carbocycles. The zero-order valence-electron chi connectivity index (χ0n) is 13.9. The first-order chi connectivity index (χ1) is 12.7.